The Kier molecular flexibility index (Phi) is 8.99. The summed E-state index contributed by atoms with van der Waals surface area (Å²) in [7, 11) is -7.48. The van der Waals surface area contributed by atoms with Gasteiger partial charge in [-0.15, -0.1) is 0 Å². The van der Waals surface area contributed by atoms with Crippen LogP contribution in [0.3, 0.4) is 0 Å². The largest absolute Gasteiger partial charge is 0.351 e. The summed E-state index contributed by atoms with van der Waals surface area (Å²) < 4.78 is 55.9. The quantitative estimate of drug-likeness (QED) is 0.398. The number of aryl methyl sites for hydroxylation is 1. The predicted octanol–water partition coefficient (Wildman–Crippen LogP) is 3.38. The lowest BCUT2D eigenvalue weighted by Crippen LogP contribution is -2.47. The second-order valence-electron chi connectivity index (χ2n) is 9.50. The molecule has 2 N–H and O–H groups in total. The van der Waals surface area contributed by atoms with E-state index in [1.165, 1.54) is 16.4 Å². The first-order valence-corrected chi connectivity index (χ1v) is 15.6. The molecule has 1 aliphatic rings. The molecule has 1 amide bonds. The summed E-state index contributed by atoms with van der Waals surface area (Å²) in [5.41, 5.74) is 2.44. The topological polar surface area (TPSA) is 113 Å². The molecule has 0 spiro atoms. The molecule has 1 heterocycles. The molecule has 0 aliphatic carbocycles. The Balaban J connectivity index is 1.45. The van der Waals surface area contributed by atoms with E-state index in [0.717, 1.165) is 30.4 Å². The minimum Gasteiger partial charge on any atom is -0.351 e. The Morgan fingerprint density at radius 3 is 2.03 bits per heavy atom. The van der Waals surface area contributed by atoms with Gasteiger partial charge in [0.2, 0.25) is 26.0 Å². The SMILES string of the molecule is Cc1ccc(S(=O)(=O)N[C@@H](Cc2ccccc2)C(=O)NCc2ccc(S(=O)(=O)N3CCCCC3)cc2)cc1. The number of nitrogens with zero attached hydrogens (tertiary/aromatic N) is 1. The Hall–Kier alpha value is -3.05. The number of amides is 1. The van der Waals surface area contributed by atoms with E-state index in [1.54, 1.807) is 36.4 Å². The van der Waals surface area contributed by atoms with Gasteiger partial charge in [-0.05, 0) is 61.6 Å². The molecule has 202 valence electrons. The minimum absolute atomic E-state index is 0.0828. The van der Waals surface area contributed by atoms with Crippen molar-refractivity contribution in [1.82, 2.24) is 14.3 Å². The van der Waals surface area contributed by atoms with E-state index < -0.39 is 32.0 Å². The van der Waals surface area contributed by atoms with Gasteiger partial charge in [-0.3, -0.25) is 4.79 Å². The van der Waals surface area contributed by atoms with Crippen molar-refractivity contribution in [3.05, 3.63) is 95.6 Å². The van der Waals surface area contributed by atoms with E-state index in [9.17, 15) is 21.6 Å². The Labute approximate surface area is 225 Å². The summed E-state index contributed by atoms with van der Waals surface area (Å²) in [4.78, 5) is 13.5. The monoisotopic (exact) mass is 555 g/mol. The first-order chi connectivity index (χ1) is 18.1. The van der Waals surface area contributed by atoms with Crippen LogP contribution >= 0.6 is 0 Å². The van der Waals surface area contributed by atoms with E-state index in [1.807, 2.05) is 37.3 Å². The predicted molar refractivity (Wildman–Crippen MR) is 146 cm³/mol. The Morgan fingerprint density at radius 1 is 0.789 bits per heavy atom. The van der Waals surface area contributed by atoms with Crippen LogP contribution in [-0.4, -0.2) is 46.2 Å². The van der Waals surface area contributed by atoms with Crippen molar-refractivity contribution in [1.29, 1.82) is 0 Å². The normalized spacial score (nSPS) is 15.6. The lowest BCUT2D eigenvalue weighted by molar-refractivity contribution is -0.122. The smallest absolute Gasteiger partial charge is 0.243 e. The Bertz CT molecular complexity index is 1430. The number of carbonyl (C=O) groups excluding carboxylic acids is 1. The second-order valence-corrected chi connectivity index (χ2v) is 13.2. The van der Waals surface area contributed by atoms with Gasteiger partial charge in [-0.25, -0.2) is 16.8 Å². The van der Waals surface area contributed by atoms with Gasteiger partial charge in [-0.1, -0.05) is 66.6 Å². The molecule has 3 aromatic rings. The number of rotatable bonds is 10. The van der Waals surface area contributed by atoms with Crippen LogP contribution < -0.4 is 10.0 Å². The average Bonchev–Trinajstić information content (AvgIpc) is 2.93. The van der Waals surface area contributed by atoms with E-state index in [2.05, 4.69) is 10.0 Å². The number of hydrogen-bond acceptors (Lipinski definition) is 5. The maximum Gasteiger partial charge on any atom is 0.243 e. The van der Waals surface area contributed by atoms with Crippen molar-refractivity contribution < 1.29 is 21.6 Å². The van der Waals surface area contributed by atoms with Gasteiger partial charge in [0.05, 0.1) is 9.79 Å². The number of nitrogens with one attached hydrogen (secondary N) is 2. The van der Waals surface area contributed by atoms with Gasteiger partial charge in [0.15, 0.2) is 0 Å². The maximum atomic E-state index is 13.2. The van der Waals surface area contributed by atoms with Crippen LogP contribution in [0.1, 0.15) is 36.0 Å². The fourth-order valence-corrected chi connectivity index (χ4v) is 7.07. The summed E-state index contributed by atoms with van der Waals surface area (Å²) in [5.74, 6) is -0.477. The molecule has 38 heavy (non-hydrogen) atoms. The first kappa shape index (κ1) is 28.0. The van der Waals surface area contributed by atoms with Crippen LogP contribution in [0.2, 0.25) is 0 Å². The molecule has 8 nitrogen and oxygen atoms in total. The highest BCUT2D eigenvalue weighted by Gasteiger charge is 2.27. The lowest BCUT2D eigenvalue weighted by atomic mass is 10.1. The third-order valence-electron chi connectivity index (χ3n) is 6.57. The van der Waals surface area contributed by atoms with Crippen LogP contribution in [-0.2, 0) is 37.8 Å². The molecule has 1 atom stereocenters. The van der Waals surface area contributed by atoms with Crippen molar-refractivity contribution >= 4 is 26.0 Å². The number of piperidine rings is 1. The molecule has 0 unspecified atom stereocenters. The molecule has 1 aliphatic heterocycles. The molecule has 1 saturated heterocycles. The van der Waals surface area contributed by atoms with Crippen molar-refractivity contribution in [2.24, 2.45) is 0 Å². The highest BCUT2D eigenvalue weighted by molar-refractivity contribution is 7.89. The van der Waals surface area contributed by atoms with E-state index in [-0.39, 0.29) is 22.8 Å². The van der Waals surface area contributed by atoms with Crippen molar-refractivity contribution in [2.75, 3.05) is 13.1 Å². The second kappa shape index (κ2) is 12.2. The third-order valence-corrected chi connectivity index (χ3v) is 9.97. The fraction of sp³-hybridized carbons (Fsp3) is 0.321. The van der Waals surface area contributed by atoms with Crippen LogP contribution in [0.15, 0.2) is 88.7 Å². The van der Waals surface area contributed by atoms with E-state index in [0.29, 0.717) is 18.7 Å². The van der Waals surface area contributed by atoms with Crippen molar-refractivity contribution in [2.45, 2.75) is 55.0 Å². The zero-order chi connectivity index (χ0) is 27.2. The Morgan fingerprint density at radius 2 is 1.39 bits per heavy atom. The standard InChI is InChI=1S/C28H33N3O5S2/c1-22-10-14-25(15-11-22)37(33,34)30-27(20-23-8-4-2-5-9-23)28(32)29-21-24-12-16-26(17-13-24)38(35,36)31-18-6-3-7-19-31/h2,4-5,8-17,27,30H,3,6-7,18-21H2,1H3,(H,29,32)/t27-/m0/s1. The summed E-state index contributed by atoms with van der Waals surface area (Å²) in [5, 5.41) is 2.80. The molecule has 10 heteroatoms. The average molecular weight is 556 g/mol. The molecule has 0 aromatic heterocycles. The van der Waals surface area contributed by atoms with Gasteiger partial charge in [0.25, 0.3) is 0 Å². The van der Waals surface area contributed by atoms with Gasteiger partial charge in [0, 0.05) is 19.6 Å². The summed E-state index contributed by atoms with van der Waals surface area (Å²) in [6.07, 6.45) is 2.93. The molecule has 1 fully saturated rings. The van der Waals surface area contributed by atoms with Gasteiger partial charge in [0.1, 0.15) is 6.04 Å². The molecule has 0 bridgehead atoms. The molecule has 4 rings (SSSR count). The zero-order valence-corrected chi connectivity index (χ0v) is 23.0. The molecule has 0 saturated carbocycles. The maximum absolute atomic E-state index is 13.2. The van der Waals surface area contributed by atoms with Crippen LogP contribution in [0.4, 0.5) is 0 Å². The van der Waals surface area contributed by atoms with Crippen molar-refractivity contribution in [3.63, 3.8) is 0 Å². The van der Waals surface area contributed by atoms with Crippen molar-refractivity contribution in [3.8, 4) is 0 Å². The summed E-state index contributed by atoms with van der Waals surface area (Å²) in [6.45, 7) is 3.05. The highest BCUT2D eigenvalue weighted by Crippen LogP contribution is 2.21. The molecule has 3 aromatic carbocycles. The van der Waals surface area contributed by atoms with Gasteiger partial charge in [-0.2, -0.15) is 9.03 Å². The summed E-state index contributed by atoms with van der Waals surface area (Å²) in [6, 6.07) is 21.0. The van der Waals surface area contributed by atoms with Crippen LogP contribution in [0.5, 0.6) is 0 Å². The van der Waals surface area contributed by atoms with Gasteiger partial charge < -0.3 is 5.32 Å². The number of sulfonamides is 2. The highest BCUT2D eigenvalue weighted by atomic mass is 32.2. The van der Waals surface area contributed by atoms with E-state index >= 15 is 0 Å². The molecular formula is C28H33N3O5S2. The van der Waals surface area contributed by atoms with Gasteiger partial charge >= 0.3 is 0 Å². The van der Waals surface area contributed by atoms with Crippen LogP contribution in [0, 0.1) is 6.92 Å². The summed E-state index contributed by atoms with van der Waals surface area (Å²) >= 11 is 0. The van der Waals surface area contributed by atoms with E-state index in [4.69, 9.17) is 0 Å². The van der Waals surface area contributed by atoms with Crippen LogP contribution in [0.25, 0.3) is 0 Å². The lowest BCUT2D eigenvalue weighted by Gasteiger charge is -2.25. The first-order valence-electron chi connectivity index (χ1n) is 12.6. The minimum atomic E-state index is -3.94. The molecular weight excluding hydrogens is 522 g/mol. The number of carbonyl (C=O) groups is 1. The zero-order valence-electron chi connectivity index (χ0n) is 21.3. The molecule has 0 radical (unpaired) electrons. The third kappa shape index (κ3) is 7.08. The fourth-order valence-electron chi connectivity index (χ4n) is 4.36. The number of hydrogen-bond donors (Lipinski definition) is 2. The number of benzene rings is 3.